The maximum absolute atomic E-state index is 13.8. The van der Waals surface area contributed by atoms with Crippen LogP contribution in [0.1, 0.15) is 62.1 Å². The van der Waals surface area contributed by atoms with Gasteiger partial charge in [0.2, 0.25) is 0 Å². The monoisotopic (exact) mass is 604 g/mol. The normalized spacial score (nSPS) is 15.5. The highest BCUT2D eigenvalue weighted by molar-refractivity contribution is 9.10. The first kappa shape index (κ1) is 27.1. The average molecular weight is 606 g/mol. The van der Waals surface area contributed by atoms with Crippen LogP contribution in [0.3, 0.4) is 0 Å². The predicted octanol–water partition coefficient (Wildman–Crippen LogP) is 6.25. The summed E-state index contributed by atoms with van der Waals surface area (Å²) < 4.78 is 14.5. The van der Waals surface area contributed by atoms with Crippen LogP contribution in [0.2, 0.25) is 0 Å². The van der Waals surface area contributed by atoms with E-state index in [1.165, 1.54) is 16.9 Å². The molecule has 0 radical (unpaired) electrons. The molecule has 1 aliphatic heterocycles. The van der Waals surface area contributed by atoms with Gasteiger partial charge < -0.3 is 9.15 Å². The van der Waals surface area contributed by atoms with Crippen LogP contribution in [0.15, 0.2) is 84.5 Å². The predicted molar refractivity (Wildman–Crippen MR) is 158 cm³/mol. The highest BCUT2D eigenvalue weighted by Gasteiger charge is 2.33. The van der Waals surface area contributed by atoms with Gasteiger partial charge in [-0.25, -0.2) is 9.79 Å². The summed E-state index contributed by atoms with van der Waals surface area (Å²) in [5.41, 5.74) is 4.76. The minimum Gasteiger partial charge on any atom is -0.463 e. The minimum atomic E-state index is -0.640. The zero-order valence-electron chi connectivity index (χ0n) is 22.4. The molecule has 0 spiro atoms. The van der Waals surface area contributed by atoms with Crippen molar-refractivity contribution in [1.82, 2.24) is 4.57 Å². The molecular formula is C31H29BrN2O4S. The van der Waals surface area contributed by atoms with Gasteiger partial charge in [-0.2, -0.15) is 0 Å². The van der Waals surface area contributed by atoms with Gasteiger partial charge in [0.25, 0.3) is 5.56 Å². The molecule has 39 heavy (non-hydrogen) atoms. The fraction of sp³-hybridized carbons (Fsp3) is 0.258. The van der Waals surface area contributed by atoms with Gasteiger partial charge in [-0.05, 0) is 67.6 Å². The number of fused-ring (bicyclic) bond motifs is 1. The number of nitrogens with zero attached hydrogens (tertiary/aromatic N) is 2. The van der Waals surface area contributed by atoms with Gasteiger partial charge in [0.1, 0.15) is 11.5 Å². The van der Waals surface area contributed by atoms with E-state index in [4.69, 9.17) is 9.15 Å². The molecule has 0 saturated heterocycles. The lowest BCUT2D eigenvalue weighted by atomic mass is 9.93. The smallest absolute Gasteiger partial charge is 0.338 e. The molecule has 8 heteroatoms. The van der Waals surface area contributed by atoms with E-state index in [9.17, 15) is 9.59 Å². The average Bonchev–Trinajstić information content (AvgIpc) is 3.47. The molecule has 1 atom stereocenters. The van der Waals surface area contributed by atoms with Gasteiger partial charge in [-0.1, -0.05) is 71.4 Å². The van der Waals surface area contributed by atoms with E-state index in [0.717, 1.165) is 21.2 Å². The third-order valence-electron chi connectivity index (χ3n) is 6.73. The van der Waals surface area contributed by atoms with E-state index < -0.39 is 12.0 Å². The van der Waals surface area contributed by atoms with Crippen LogP contribution in [-0.4, -0.2) is 17.1 Å². The van der Waals surface area contributed by atoms with Gasteiger partial charge in [0.15, 0.2) is 4.80 Å². The molecule has 0 fully saturated rings. The molecule has 0 unspecified atom stereocenters. The summed E-state index contributed by atoms with van der Waals surface area (Å²) >= 11 is 4.89. The van der Waals surface area contributed by atoms with Gasteiger partial charge in [0, 0.05) is 16.1 Å². The molecule has 4 aromatic rings. The van der Waals surface area contributed by atoms with Crippen molar-refractivity contribution in [2.45, 2.75) is 46.6 Å². The van der Waals surface area contributed by atoms with Gasteiger partial charge in [-0.15, -0.1) is 0 Å². The van der Waals surface area contributed by atoms with E-state index in [1.807, 2.05) is 61.5 Å². The Balaban J connectivity index is 1.63. The quantitative estimate of drug-likeness (QED) is 0.244. The summed E-state index contributed by atoms with van der Waals surface area (Å²) in [6, 6.07) is 17.2. The Morgan fingerprint density at radius 3 is 2.56 bits per heavy atom. The van der Waals surface area contributed by atoms with Crippen LogP contribution in [0.5, 0.6) is 0 Å². The maximum atomic E-state index is 13.8. The van der Waals surface area contributed by atoms with E-state index in [1.54, 1.807) is 24.5 Å². The lowest BCUT2D eigenvalue weighted by Crippen LogP contribution is -2.39. The van der Waals surface area contributed by atoms with Gasteiger partial charge in [0.05, 0.1) is 28.5 Å². The fourth-order valence-corrected chi connectivity index (χ4v) is 6.41. The molecule has 0 N–H and O–H groups in total. The number of aryl methyl sites for hydroxylation is 1. The number of allylic oxidation sites excluding steroid dienone is 1. The number of rotatable bonds is 6. The van der Waals surface area contributed by atoms with Gasteiger partial charge in [-0.3, -0.25) is 9.36 Å². The highest BCUT2D eigenvalue weighted by Crippen LogP contribution is 2.32. The number of carbonyl (C=O) groups is 1. The fourth-order valence-electron chi connectivity index (χ4n) is 4.69. The summed E-state index contributed by atoms with van der Waals surface area (Å²) in [5.74, 6) is 1.15. The second-order valence-corrected chi connectivity index (χ2v) is 11.7. The Labute approximate surface area is 239 Å². The first-order valence-electron chi connectivity index (χ1n) is 12.8. The zero-order chi connectivity index (χ0) is 27.8. The molecule has 0 bridgehead atoms. The number of aromatic nitrogens is 1. The molecule has 5 rings (SSSR count). The Morgan fingerprint density at radius 1 is 1.15 bits per heavy atom. The molecule has 200 valence electrons. The standard InChI is InChI=1S/C31H29BrN2O4S/c1-6-37-30(36)27-19(5)33-31-34(28(27)21-10-8-20(9-11-21)17(2)3)29(35)26(39-31)16-22-12-14-25(38-22)23-13-7-18(4)15-24(23)32/h7-17,28H,6H2,1-5H3/b26-16-/t28-/m1/s1. The molecule has 3 heterocycles. The summed E-state index contributed by atoms with van der Waals surface area (Å²) in [4.78, 5) is 32.1. The molecule has 2 aromatic carbocycles. The van der Waals surface area contributed by atoms with Crippen molar-refractivity contribution in [2.24, 2.45) is 4.99 Å². The van der Waals surface area contributed by atoms with Crippen molar-refractivity contribution in [2.75, 3.05) is 6.61 Å². The van der Waals surface area contributed by atoms with Crippen molar-refractivity contribution in [3.05, 3.63) is 112 Å². The number of hydrogen-bond donors (Lipinski definition) is 0. The lowest BCUT2D eigenvalue weighted by molar-refractivity contribution is -0.139. The number of benzene rings is 2. The Bertz CT molecular complexity index is 1770. The lowest BCUT2D eigenvalue weighted by Gasteiger charge is -2.25. The van der Waals surface area contributed by atoms with E-state index in [2.05, 4.69) is 34.8 Å². The van der Waals surface area contributed by atoms with E-state index in [-0.39, 0.29) is 12.2 Å². The second-order valence-electron chi connectivity index (χ2n) is 9.81. The number of halogens is 1. The minimum absolute atomic E-state index is 0.233. The van der Waals surface area contributed by atoms with E-state index >= 15 is 0 Å². The Kier molecular flexibility index (Phi) is 7.60. The zero-order valence-corrected chi connectivity index (χ0v) is 24.9. The van der Waals surface area contributed by atoms with Crippen molar-refractivity contribution in [1.29, 1.82) is 0 Å². The summed E-state index contributed by atoms with van der Waals surface area (Å²) in [5, 5.41) is 0. The number of esters is 1. The second kappa shape index (κ2) is 10.9. The van der Waals surface area contributed by atoms with E-state index in [0.29, 0.717) is 38.0 Å². The number of ether oxygens (including phenoxy) is 1. The van der Waals surface area contributed by atoms with Crippen molar-refractivity contribution < 1.29 is 13.9 Å². The summed E-state index contributed by atoms with van der Waals surface area (Å²) in [7, 11) is 0. The van der Waals surface area contributed by atoms with Crippen molar-refractivity contribution >= 4 is 39.3 Å². The first-order valence-corrected chi connectivity index (χ1v) is 14.4. The van der Waals surface area contributed by atoms with Crippen molar-refractivity contribution in [3.8, 4) is 11.3 Å². The number of hydrogen-bond acceptors (Lipinski definition) is 6. The highest BCUT2D eigenvalue weighted by atomic mass is 79.9. The Morgan fingerprint density at radius 2 is 1.90 bits per heavy atom. The van der Waals surface area contributed by atoms with Crippen LogP contribution in [0.25, 0.3) is 17.4 Å². The van der Waals surface area contributed by atoms with Gasteiger partial charge >= 0.3 is 5.97 Å². The van der Waals surface area contributed by atoms with Crippen molar-refractivity contribution in [3.63, 3.8) is 0 Å². The molecule has 2 aromatic heterocycles. The van der Waals surface area contributed by atoms with Crippen LogP contribution in [0, 0.1) is 6.92 Å². The SMILES string of the molecule is CCOC(=O)C1=C(C)N=c2s/c(=C\c3ccc(-c4ccc(C)cc4Br)o3)c(=O)n2[C@@H]1c1ccc(C(C)C)cc1. The molecular weight excluding hydrogens is 576 g/mol. The van der Waals surface area contributed by atoms with Crippen LogP contribution in [0.4, 0.5) is 0 Å². The summed E-state index contributed by atoms with van der Waals surface area (Å²) in [6.45, 7) is 10.1. The number of carbonyl (C=O) groups excluding carboxylic acids is 1. The Hall–Kier alpha value is -3.49. The third kappa shape index (κ3) is 5.23. The number of thiazole rings is 1. The molecule has 0 aliphatic carbocycles. The topological polar surface area (TPSA) is 73.8 Å². The first-order chi connectivity index (χ1) is 18.7. The molecule has 1 aliphatic rings. The van der Waals surface area contributed by atoms with Crippen LogP contribution >= 0.6 is 27.3 Å². The molecule has 0 saturated carbocycles. The summed E-state index contributed by atoms with van der Waals surface area (Å²) in [6.07, 6.45) is 1.73. The maximum Gasteiger partial charge on any atom is 0.338 e. The van der Waals surface area contributed by atoms with Crippen LogP contribution in [-0.2, 0) is 9.53 Å². The largest absolute Gasteiger partial charge is 0.463 e. The van der Waals surface area contributed by atoms with Crippen LogP contribution < -0.4 is 14.9 Å². The molecule has 6 nitrogen and oxygen atoms in total. The number of furan rings is 1. The third-order valence-corrected chi connectivity index (χ3v) is 8.37. The molecule has 0 amide bonds.